The van der Waals surface area contributed by atoms with Gasteiger partial charge in [-0.2, -0.15) is 8.78 Å². The SMILES string of the molecule is Bc1c(B)c(C(F)(F)C(=O)N(B)C(B)(B)c2c(B)c(B)c3c(c2B)C(B)(B)N(C2(B)C(=O)N(B)C(=O)C(B)(B)C2(B)B)C3=O)c(B)c(B)c1Cl. The van der Waals surface area contributed by atoms with Crippen LogP contribution in [0.3, 0.4) is 0 Å². The second kappa shape index (κ2) is 11.9. The predicted molar refractivity (Wildman–Crippen MR) is 249 cm³/mol. The van der Waals surface area contributed by atoms with Crippen molar-refractivity contribution >= 4 is 215 Å². The minimum Gasteiger partial charge on any atom is -0.393 e. The molecule has 238 valence electrons. The number of amides is 4. The molecule has 2 aromatic rings. The lowest BCUT2D eigenvalue weighted by atomic mass is 9.20. The van der Waals surface area contributed by atoms with Gasteiger partial charge in [0.25, 0.3) is 11.8 Å². The first-order chi connectivity index (χ1) is 22.3. The van der Waals surface area contributed by atoms with Gasteiger partial charge in [-0.15, -0.1) is 0 Å². The summed E-state index contributed by atoms with van der Waals surface area (Å²) >= 11 is 6.45. The highest BCUT2D eigenvalue weighted by Gasteiger charge is 2.68. The number of nitrogens with zero attached hydrogens (tertiary/aromatic N) is 3. The van der Waals surface area contributed by atoms with Crippen molar-refractivity contribution in [1.29, 1.82) is 0 Å². The summed E-state index contributed by atoms with van der Waals surface area (Å²) in [4.78, 5) is 60.4. The van der Waals surface area contributed by atoms with Crippen LogP contribution in [0.1, 0.15) is 27.0 Å². The Bertz CT molecular complexity index is 1920. The molecule has 0 aromatic heterocycles. The standard InChI is InChI=1S/C22H36B18ClF2N3O4/c23-5-1-2(20(33,34)45(13(1)47)19(32)16(50)44(39)15(49)18(30,31)22(19,37)38)6(24)4(9(5)27)21(35,36)46(40)14(48)17(42,43)3-7(25)10(28)12(41)11(29)8(3)26/h23-40H2. The molecule has 2 heterocycles. The summed E-state index contributed by atoms with van der Waals surface area (Å²) in [6.07, 6.45) is 0. The highest BCUT2D eigenvalue weighted by molar-refractivity contribution is 6.69. The van der Waals surface area contributed by atoms with E-state index in [1.807, 2.05) is 54.9 Å². The molecule has 1 fully saturated rings. The summed E-state index contributed by atoms with van der Waals surface area (Å²) in [7, 11) is 31.1. The third kappa shape index (κ3) is 4.85. The van der Waals surface area contributed by atoms with E-state index in [2.05, 4.69) is 0 Å². The molecule has 0 radical (unpaired) electrons. The average Bonchev–Trinajstić information content (AvgIpc) is 3.23. The second-order valence-electron chi connectivity index (χ2n) is 16.9. The normalized spacial score (nSPS) is 21.2. The number of piperidine rings is 1. The van der Waals surface area contributed by atoms with Crippen molar-refractivity contribution in [2.45, 2.75) is 32.5 Å². The smallest absolute Gasteiger partial charge is 0.347 e. The zero-order valence-corrected chi connectivity index (χ0v) is 33.9. The van der Waals surface area contributed by atoms with Crippen LogP contribution in [0.2, 0.25) is 15.5 Å². The van der Waals surface area contributed by atoms with Gasteiger partial charge in [0.15, 0.2) is 0 Å². The van der Waals surface area contributed by atoms with Crippen LogP contribution in [0.25, 0.3) is 0 Å². The maximum absolute atomic E-state index is 16.5. The molecule has 50 heavy (non-hydrogen) atoms. The summed E-state index contributed by atoms with van der Waals surface area (Å²) in [6, 6.07) is 0. The van der Waals surface area contributed by atoms with Crippen LogP contribution < -0.4 is 38.2 Å². The minimum absolute atomic E-state index is 0.271. The third-order valence-electron chi connectivity index (χ3n) is 13.6. The molecule has 2 aliphatic heterocycles. The lowest BCUT2D eigenvalue weighted by Crippen LogP contribution is -2.78. The van der Waals surface area contributed by atoms with Gasteiger partial charge >= 0.3 is 5.92 Å². The molecule has 1 atom stereocenters. The Morgan fingerprint density at radius 2 is 1.16 bits per heavy atom. The Labute approximate surface area is 315 Å². The van der Waals surface area contributed by atoms with Crippen molar-refractivity contribution in [2.24, 2.45) is 0 Å². The molecule has 0 bridgehead atoms. The number of carbonyl (C=O) groups is 4. The van der Waals surface area contributed by atoms with Crippen LogP contribution in [-0.2, 0) is 31.0 Å². The highest BCUT2D eigenvalue weighted by atomic mass is 35.5. The largest absolute Gasteiger partial charge is 0.393 e. The maximum Gasteiger partial charge on any atom is 0.347 e. The molecule has 0 spiro atoms. The van der Waals surface area contributed by atoms with Gasteiger partial charge < -0.3 is 14.5 Å². The average molecular weight is 675 g/mol. The molecule has 4 amide bonds. The Hall–Kier alpha value is -2.16. The van der Waals surface area contributed by atoms with Crippen LogP contribution >= 0.6 is 11.6 Å². The molecular formula is C22H36B18ClF2N3O4. The second-order valence-corrected chi connectivity index (χ2v) is 17.3. The van der Waals surface area contributed by atoms with Crippen LogP contribution in [0.5, 0.6) is 0 Å². The molecule has 2 aliphatic rings. The molecule has 28 heteroatoms. The van der Waals surface area contributed by atoms with Gasteiger partial charge in [0.2, 0.25) is 27.8 Å². The van der Waals surface area contributed by atoms with E-state index in [9.17, 15) is 19.2 Å². The quantitative estimate of drug-likeness (QED) is 0.234. The first kappa shape index (κ1) is 40.6. The first-order valence-electron chi connectivity index (χ1n) is 17.1. The van der Waals surface area contributed by atoms with Crippen molar-refractivity contribution in [3.8, 4) is 0 Å². The van der Waals surface area contributed by atoms with E-state index in [1.54, 1.807) is 75.5 Å². The first-order valence-corrected chi connectivity index (χ1v) is 17.5. The van der Waals surface area contributed by atoms with Crippen molar-refractivity contribution in [2.75, 3.05) is 0 Å². The Morgan fingerprint density at radius 3 is 1.62 bits per heavy atom. The van der Waals surface area contributed by atoms with Gasteiger partial charge in [-0.3, -0.25) is 19.2 Å². The number of alkyl halides is 2. The lowest BCUT2D eigenvalue weighted by Gasteiger charge is -2.64. The number of halogens is 3. The number of fused-ring (bicyclic) bond motifs is 1. The Balaban J connectivity index is 1.95. The highest BCUT2D eigenvalue weighted by Crippen LogP contribution is 2.58. The van der Waals surface area contributed by atoms with Gasteiger partial charge in [0, 0.05) is 21.5 Å². The van der Waals surface area contributed by atoms with Gasteiger partial charge in [-0.05, 0) is 16.1 Å². The predicted octanol–water partition coefficient (Wildman–Crippen LogP) is -20.5. The molecule has 0 N–H and O–H groups in total. The van der Waals surface area contributed by atoms with E-state index in [0.29, 0.717) is 49.0 Å². The van der Waals surface area contributed by atoms with Gasteiger partial charge in [-0.25, -0.2) is 0 Å². The van der Waals surface area contributed by atoms with E-state index in [1.165, 1.54) is 16.0 Å². The summed E-state index contributed by atoms with van der Waals surface area (Å²) in [5, 5.41) is -3.94. The Morgan fingerprint density at radius 1 is 0.720 bits per heavy atom. The molecular weight excluding hydrogens is 638 g/mol. The molecule has 2 aromatic carbocycles. The summed E-state index contributed by atoms with van der Waals surface area (Å²) in [5.74, 6) is -6.35. The van der Waals surface area contributed by atoms with E-state index in [0.717, 1.165) is 9.62 Å². The van der Waals surface area contributed by atoms with Gasteiger partial charge in [0.1, 0.15) is 126 Å². The number of rotatable bonds is 5. The summed E-state index contributed by atoms with van der Waals surface area (Å²) < 4.78 is 33.0. The fourth-order valence-corrected chi connectivity index (χ4v) is 9.46. The number of benzene rings is 2. The zero-order chi connectivity index (χ0) is 39.0. The fourth-order valence-electron chi connectivity index (χ4n) is 9.18. The van der Waals surface area contributed by atoms with Crippen LogP contribution in [0.4, 0.5) is 8.78 Å². The van der Waals surface area contributed by atoms with Gasteiger partial charge in [0.05, 0.1) is 5.44 Å². The number of imide groups is 1. The van der Waals surface area contributed by atoms with Crippen LogP contribution in [-0.4, -0.2) is 185 Å². The maximum atomic E-state index is 16.5. The fraction of sp³-hybridized carbons (Fsp3) is 0.273. The summed E-state index contributed by atoms with van der Waals surface area (Å²) in [6.45, 7) is 0. The number of hydrogen-bond donors (Lipinski definition) is 0. The zero-order valence-electron chi connectivity index (χ0n) is 33.1. The molecule has 0 aliphatic carbocycles. The molecule has 1 saturated heterocycles. The van der Waals surface area contributed by atoms with Crippen LogP contribution in [0.15, 0.2) is 0 Å². The van der Waals surface area contributed by atoms with Crippen LogP contribution in [0, 0.1) is 0 Å². The van der Waals surface area contributed by atoms with Crippen molar-refractivity contribution in [1.82, 2.24) is 14.5 Å². The minimum atomic E-state index is -3.86. The third-order valence-corrected chi connectivity index (χ3v) is 14.1. The monoisotopic (exact) mass is 677 g/mol. The molecule has 1 unspecified atom stereocenters. The Kier molecular flexibility index (Phi) is 9.69. The van der Waals surface area contributed by atoms with Gasteiger partial charge in [-0.1, -0.05) is 60.6 Å². The van der Waals surface area contributed by atoms with Crippen molar-refractivity contribution in [3.63, 3.8) is 0 Å². The van der Waals surface area contributed by atoms with Crippen molar-refractivity contribution in [3.05, 3.63) is 27.3 Å². The number of hydrogen-bond acceptors (Lipinski definition) is 4. The van der Waals surface area contributed by atoms with E-state index in [4.69, 9.17) is 11.6 Å². The lowest BCUT2D eigenvalue weighted by molar-refractivity contribution is -0.155. The molecule has 4 rings (SSSR count). The molecule has 0 saturated carbocycles. The number of carbonyl (C=O) groups excluding carboxylic acids is 4. The summed E-state index contributed by atoms with van der Waals surface area (Å²) in [5.41, 5.74) is 3.54. The van der Waals surface area contributed by atoms with Crippen molar-refractivity contribution < 1.29 is 28.0 Å². The van der Waals surface area contributed by atoms with E-state index >= 15 is 8.78 Å². The molecule has 7 nitrogen and oxygen atoms in total. The van der Waals surface area contributed by atoms with E-state index in [-0.39, 0.29) is 28.3 Å². The topological polar surface area (TPSA) is 78.0 Å². The van der Waals surface area contributed by atoms with E-state index < -0.39 is 44.3 Å².